The van der Waals surface area contributed by atoms with Crippen LogP contribution < -0.4 is 4.74 Å². The minimum Gasteiger partial charge on any atom is -0.503 e. The highest BCUT2D eigenvalue weighted by Crippen LogP contribution is 2.59. The summed E-state index contributed by atoms with van der Waals surface area (Å²) in [5.41, 5.74) is 1.63. The summed E-state index contributed by atoms with van der Waals surface area (Å²) in [4.78, 5) is 59.4. The van der Waals surface area contributed by atoms with Crippen LogP contribution in [0.15, 0.2) is 23.8 Å². The molecule has 6 aliphatic rings. The molecule has 6 atom stereocenters. The summed E-state index contributed by atoms with van der Waals surface area (Å²) >= 11 is 6.47. The number of carbonyl (C=O) groups excluding carboxylic acids is 4. The average molecular weight is 595 g/mol. The van der Waals surface area contributed by atoms with Gasteiger partial charge in [-0.2, -0.15) is 0 Å². The molecule has 1 N–H and O–H groups in total. The number of allylic oxidation sites excluding steroid dienone is 2. The van der Waals surface area contributed by atoms with Crippen LogP contribution in [-0.4, -0.2) is 57.7 Å². The van der Waals surface area contributed by atoms with Crippen LogP contribution in [0.3, 0.4) is 0 Å². The summed E-state index contributed by atoms with van der Waals surface area (Å²) in [5.74, 6) is -3.41. The van der Waals surface area contributed by atoms with Crippen LogP contribution in [0.2, 0.25) is 5.02 Å². The molecule has 6 unspecified atom stereocenters. The third-order valence-corrected chi connectivity index (χ3v) is 11.5. The Morgan fingerprint density at radius 3 is 1.93 bits per heavy atom. The maximum absolute atomic E-state index is 14.3. The number of carbonyl (C=O) groups is 4. The number of ether oxygens (including phenoxy) is 1. The molecular formula is C33H39ClN2O6. The number of benzene rings is 1. The molecule has 8 nitrogen and oxygen atoms in total. The van der Waals surface area contributed by atoms with Crippen molar-refractivity contribution >= 4 is 35.2 Å². The van der Waals surface area contributed by atoms with E-state index < -0.39 is 29.6 Å². The van der Waals surface area contributed by atoms with Gasteiger partial charge in [0.1, 0.15) is 0 Å². The van der Waals surface area contributed by atoms with Crippen LogP contribution in [0.5, 0.6) is 11.5 Å². The van der Waals surface area contributed by atoms with Crippen molar-refractivity contribution in [3.8, 4) is 11.5 Å². The first-order valence-corrected chi connectivity index (χ1v) is 16.2. The first-order valence-electron chi connectivity index (χ1n) is 15.8. The number of amides is 4. The Bertz CT molecular complexity index is 1360. The highest BCUT2D eigenvalue weighted by Gasteiger charge is 2.63. The number of hydrogen-bond donors (Lipinski definition) is 1. The summed E-state index contributed by atoms with van der Waals surface area (Å²) in [6, 6.07) is 3.22. The van der Waals surface area contributed by atoms with Gasteiger partial charge in [-0.05, 0) is 62.1 Å². The van der Waals surface area contributed by atoms with E-state index in [0.29, 0.717) is 18.4 Å². The number of phenolic OH excluding ortho intramolecular Hbond substituents is 1. The van der Waals surface area contributed by atoms with E-state index in [1.165, 1.54) is 7.11 Å². The summed E-state index contributed by atoms with van der Waals surface area (Å²) in [7, 11) is 1.45. The van der Waals surface area contributed by atoms with Crippen molar-refractivity contribution in [3.63, 3.8) is 0 Å². The molecule has 9 heteroatoms. The van der Waals surface area contributed by atoms with Crippen molar-refractivity contribution in [1.82, 2.24) is 9.80 Å². The zero-order chi connectivity index (χ0) is 29.3. The van der Waals surface area contributed by atoms with Gasteiger partial charge in [0.2, 0.25) is 23.6 Å². The van der Waals surface area contributed by atoms with Gasteiger partial charge in [-0.1, -0.05) is 61.8 Å². The minimum atomic E-state index is -0.620. The highest BCUT2D eigenvalue weighted by molar-refractivity contribution is 6.32. The van der Waals surface area contributed by atoms with E-state index in [4.69, 9.17) is 16.3 Å². The lowest BCUT2D eigenvalue weighted by molar-refractivity contribution is -0.145. The maximum Gasteiger partial charge on any atom is 0.234 e. The van der Waals surface area contributed by atoms with Gasteiger partial charge in [0.15, 0.2) is 11.5 Å². The van der Waals surface area contributed by atoms with Crippen LogP contribution in [0.25, 0.3) is 0 Å². The van der Waals surface area contributed by atoms with Gasteiger partial charge >= 0.3 is 0 Å². The zero-order valence-electron chi connectivity index (χ0n) is 24.1. The second-order valence-electron chi connectivity index (χ2n) is 13.3. The van der Waals surface area contributed by atoms with Gasteiger partial charge < -0.3 is 9.84 Å². The second-order valence-corrected chi connectivity index (χ2v) is 13.7. The number of aromatic hydroxyl groups is 1. The Hall–Kier alpha value is -2.87. The first kappa shape index (κ1) is 27.9. The maximum atomic E-state index is 14.3. The van der Waals surface area contributed by atoms with Gasteiger partial charge in [0, 0.05) is 18.0 Å². The molecular weight excluding hydrogens is 556 g/mol. The second kappa shape index (κ2) is 10.7. The van der Waals surface area contributed by atoms with Crippen LogP contribution in [0.1, 0.15) is 88.5 Å². The number of imide groups is 2. The van der Waals surface area contributed by atoms with Crippen LogP contribution >= 0.6 is 11.6 Å². The lowest BCUT2D eigenvalue weighted by Gasteiger charge is -2.44. The van der Waals surface area contributed by atoms with E-state index in [9.17, 15) is 24.3 Å². The van der Waals surface area contributed by atoms with Gasteiger partial charge in [-0.3, -0.25) is 29.0 Å². The van der Waals surface area contributed by atoms with Crippen molar-refractivity contribution in [2.24, 2.45) is 29.6 Å². The highest BCUT2D eigenvalue weighted by atomic mass is 35.5. The number of phenols is 1. The SMILES string of the molecule is COc1cc(C2C3=CCC4C(=O)N(C5CCCCC5)C(=O)C4C3CC3C(=O)N(C4CCCCC4)C(=O)C32)cc(Cl)c1O. The Labute approximate surface area is 251 Å². The van der Waals surface area contributed by atoms with E-state index in [1.807, 2.05) is 0 Å². The standard InChI is InChI=1S/C33H39ClN2O6/c1-42-25-15-17(14-24(34)29(25)37)26-20-12-13-21-27(32(40)35(30(21)38)18-8-4-2-5-9-18)22(20)16-23-28(26)33(41)36(31(23)39)19-10-6-3-7-11-19/h12,14-15,18-19,21-23,26-28,37H,2-11,13,16H2,1H3. The topological polar surface area (TPSA) is 104 Å². The fourth-order valence-corrected chi connectivity index (χ4v) is 9.56. The van der Waals surface area contributed by atoms with Crippen molar-refractivity contribution in [1.29, 1.82) is 0 Å². The molecule has 0 bridgehead atoms. The van der Waals surface area contributed by atoms with E-state index in [2.05, 4.69) is 6.08 Å². The first-order chi connectivity index (χ1) is 20.3. The number of halogens is 1. The van der Waals surface area contributed by atoms with Crippen LogP contribution in [0, 0.1) is 29.6 Å². The van der Waals surface area contributed by atoms with Crippen molar-refractivity contribution in [2.45, 2.75) is 95.1 Å². The molecule has 0 aromatic heterocycles. The Balaban J connectivity index is 1.32. The number of fused-ring (bicyclic) bond motifs is 4. The van der Waals surface area contributed by atoms with E-state index in [-0.39, 0.29) is 58.2 Å². The molecule has 4 aliphatic carbocycles. The smallest absolute Gasteiger partial charge is 0.234 e. The predicted octanol–water partition coefficient (Wildman–Crippen LogP) is 5.36. The Kier molecular flexibility index (Phi) is 7.11. The lowest BCUT2D eigenvalue weighted by Crippen LogP contribution is -2.44. The third kappa shape index (κ3) is 4.15. The molecule has 5 fully saturated rings. The molecule has 0 radical (unpaired) electrons. The summed E-state index contributed by atoms with van der Waals surface area (Å²) < 4.78 is 5.43. The summed E-state index contributed by atoms with van der Waals surface area (Å²) in [6.07, 6.45) is 12.5. The molecule has 42 heavy (non-hydrogen) atoms. The van der Waals surface area contributed by atoms with Gasteiger partial charge in [-0.25, -0.2) is 0 Å². The van der Waals surface area contributed by atoms with Crippen molar-refractivity contribution in [2.75, 3.05) is 7.11 Å². The fourth-order valence-electron chi connectivity index (χ4n) is 9.34. The molecule has 3 saturated carbocycles. The van der Waals surface area contributed by atoms with E-state index in [1.54, 1.807) is 21.9 Å². The molecule has 224 valence electrons. The number of rotatable bonds is 4. The van der Waals surface area contributed by atoms with Crippen molar-refractivity contribution < 1.29 is 29.0 Å². The molecule has 2 saturated heterocycles. The molecule has 7 rings (SSSR count). The van der Waals surface area contributed by atoms with E-state index >= 15 is 0 Å². The minimum absolute atomic E-state index is 0.0448. The quantitative estimate of drug-likeness (QED) is 0.372. The van der Waals surface area contributed by atoms with Crippen LogP contribution in [-0.2, 0) is 19.2 Å². The monoisotopic (exact) mass is 594 g/mol. The largest absolute Gasteiger partial charge is 0.503 e. The van der Waals surface area contributed by atoms with Crippen LogP contribution in [0.4, 0.5) is 0 Å². The number of nitrogens with zero attached hydrogens (tertiary/aromatic N) is 2. The number of likely N-dealkylation sites (tertiary alicyclic amines) is 2. The molecule has 1 aromatic rings. The molecule has 2 heterocycles. The number of hydrogen-bond acceptors (Lipinski definition) is 6. The normalized spacial score (nSPS) is 33.9. The molecule has 1 aromatic carbocycles. The fraction of sp³-hybridized carbons (Fsp3) is 0.636. The Morgan fingerprint density at radius 1 is 0.762 bits per heavy atom. The zero-order valence-corrected chi connectivity index (χ0v) is 24.9. The Morgan fingerprint density at radius 2 is 1.33 bits per heavy atom. The van der Waals surface area contributed by atoms with Gasteiger partial charge in [0.05, 0.1) is 35.8 Å². The molecule has 2 aliphatic heterocycles. The van der Waals surface area contributed by atoms with Crippen molar-refractivity contribution in [3.05, 3.63) is 34.4 Å². The lowest BCUT2D eigenvalue weighted by atomic mass is 9.57. The predicted molar refractivity (Wildman–Crippen MR) is 155 cm³/mol. The molecule has 0 spiro atoms. The third-order valence-electron chi connectivity index (χ3n) is 11.2. The molecule has 4 amide bonds. The summed E-state index contributed by atoms with van der Waals surface area (Å²) in [6.45, 7) is 0. The summed E-state index contributed by atoms with van der Waals surface area (Å²) in [5, 5.41) is 10.6. The van der Waals surface area contributed by atoms with Gasteiger partial charge in [-0.15, -0.1) is 0 Å². The average Bonchev–Trinajstić information content (AvgIpc) is 3.41. The van der Waals surface area contributed by atoms with Gasteiger partial charge in [0.25, 0.3) is 0 Å². The number of methoxy groups -OCH3 is 1. The van der Waals surface area contributed by atoms with E-state index in [0.717, 1.165) is 69.8 Å².